The second-order valence-electron chi connectivity index (χ2n) is 6.48. The van der Waals surface area contributed by atoms with E-state index >= 15 is 0 Å². The molecule has 0 aliphatic heterocycles. The summed E-state index contributed by atoms with van der Waals surface area (Å²) in [6.45, 7) is 8.60. The van der Waals surface area contributed by atoms with Crippen LogP contribution in [0.5, 0.6) is 0 Å². The Kier molecular flexibility index (Phi) is 19.0. The van der Waals surface area contributed by atoms with Crippen molar-refractivity contribution in [2.24, 2.45) is 5.92 Å². The largest absolute Gasteiger partial charge is 0.480 e. The summed E-state index contributed by atoms with van der Waals surface area (Å²) in [7, 11) is 1.86. The van der Waals surface area contributed by atoms with Crippen molar-refractivity contribution in [1.82, 2.24) is 10.2 Å². The summed E-state index contributed by atoms with van der Waals surface area (Å²) in [4.78, 5) is 23.6. The minimum Gasteiger partial charge on any atom is -0.480 e. The molecule has 154 valence electrons. The summed E-state index contributed by atoms with van der Waals surface area (Å²) >= 11 is 0. The lowest BCUT2D eigenvalue weighted by Crippen LogP contribution is -2.41. The Morgan fingerprint density at radius 3 is 2.19 bits per heavy atom. The highest BCUT2D eigenvalue weighted by atomic mass is 16.4. The highest BCUT2D eigenvalue weighted by Gasteiger charge is 2.21. The SMILES string of the molecule is CCCCC/C=C\C(C)C(NCO)C(=O)O.CCCCN(C)C(=O)CC. The molecule has 0 aromatic carbocycles. The molecule has 0 rings (SSSR count). The average molecular weight is 373 g/mol. The first-order valence-corrected chi connectivity index (χ1v) is 9.83. The van der Waals surface area contributed by atoms with Crippen LogP contribution in [0, 0.1) is 5.92 Å². The molecule has 0 radical (unpaired) electrons. The van der Waals surface area contributed by atoms with Crippen LogP contribution in [0.3, 0.4) is 0 Å². The van der Waals surface area contributed by atoms with Crippen LogP contribution in [0.1, 0.15) is 72.6 Å². The number of amides is 1. The van der Waals surface area contributed by atoms with Gasteiger partial charge in [0.15, 0.2) is 0 Å². The molecule has 2 unspecified atom stereocenters. The topological polar surface area (TPSA) is 89.9 Å². The molecule has 0 bridgehead atoms. The number of allylic oxidation sites excluding steroid dienone is 1. The van der Waals surface area contributed by atoms with Crippen LogP contribution < -0.4 is 5.32 Å². The number of aliphatic hydroxyl groups is 1. The molecule has 0 heterocycles. The molecule has 0 saturated carbocycles. The highest BCUT2D eigenvalue weighted by molar-refractivity contribution is 5.75. The van der Waals surface area contributed by atoms with Crippen molar-refractivity contribution >= 4 is 11.9 Å². The van der Waals surface area contributed by atoms with Crippen molar-refractivity contribution in [3.63, 3.8) is 0 Å². The highest BCUT2D eigenvalue weighted by Crippen LogP contribution is 2.08. The Morgan fingerprint density at radius 2 is 1.73 bits per heavy atom. The summed E-state index contributed by atoms with van der Waals surface area (Å²) in [5.41, 5.74) is 0. The molecule has 2 atom stereocenters. The summed E-state index contributed by atoms with van der Waals surface area (Å²) in [6, 6.07) is -0.715. The summed E-state index contributed by atoms with van der Waals surface area (Å²) in [6.07, 6.45) is 11.3. The summed E-state index contributed by atoms with van der Waals surface area (Å²) in [5.74, 6) is -0.806. The van der Waals surface area contributed by atoms with Crippen LogP contribution in [0.4, 0.5) is 0 Å². The maximum atomic E-state index is 10.9. The number of unbranched alkanes of at least 4 members (excludes halogenated alkanes) is 4. The van der Waals surface area contributed by atoms with Gasteiger partial charge >= 0.3 is 5.97 Å². The molecular formula is C20H40N2O4. The lowest BCUT2D eigenvalue weighted by molar-refractivity contribution is -0.140. The van der Waals surface area contributed by atoms with Gasteiger partial charge in [-0.15, -0.1) is 0 Å². The van der Waals surface area contributed by atoms with Gasteiger partial charge in [-0.05, 0) is 19.3 Å². The van der Waals surface area contributed by atoms with Crippen molar-refractivity contribution in [3.05, 3.63) is 12.2 Å². The van der Waals surface area contributed by atoms with Gasteiger partial charge in [0.1, 0.15) is 6.04 Å². The fourth-order valence-corrected chi connectivity index (χ4v) is 2.32. The van der Waals surface area contributed by atoms with Crippen LogP contribution >= 0.6 is 0 Å². The Balaban J connectivity index is 0. The van der Waals surface area contributed by atoms with E-state index in [4.69, 9.17) is 10.2 Å². The van der Waals surface area contributed by atoms with Crippen LogP contribution in [-0.4, -0.2) is 53.4 Å². The lowest BCUT2D eigenvalue weighted by Gasteiger charge is -2.17. The third-order valence-electron chi connectivity index (χ3n) is 4.09. The average Bonchev–Trinajstić information content (AvgIpc) is 2.63. The van der Waals surface area contributed by atoms with Gasteiger partial charge in [-0.1, -0.05) is 59.1 Å². The number of aliphatic hydroxyl groups excluding tert-OH is 1. The number of carbonyl (C=O) groups is 2. The smallest absolute Gasteiger partial charge is 0.321 e. The second-order valence-corrected chi connectivity index (χ2v) is 6.48. The van der Waals surface area contributed by atoms with E-state index in [9.17, 15) is 9.59 Å². The Morgan fingerprint density at radius 1 is 1.12 bits per heavy atom. The van der Waals surface area contributed by atoms with E-state index in [1.54, 1.807) is 4.90 Å². The molecule has 6 nitrogen and oxygen atoms in total. The first-order valence-electron chi connectivity index (χ1n) is 9.83. The van der Waals surface area contributed by atoms with E-state index in [-0.39, 0.29) is 18.6 Å². The summed E-state index contributed by atoms with van der Waals surface area (Å²) < 4.78 is 0. The van der Waals surface area contributed by atoms with E-state index in [0.717, 1.165) is 32.2 Å². The van der Waals surface area contributed by atoms with E-state index < -0.39 is 12.0 Å². The normalized spacial score (nSPS) is 13.0. The molecule has 0 spiro atoms. The van der Waals surface area contributed by atoms with E-state index in [2.05, 4.69) is 19.2 Å². The van der Waals surface area contributed by atoms with Gasteiger partial charge in [0, 0.05) is 25.9 Å². The molecule has 0 aromatic rings. The lowest BCUT2D eigenvalue weighted by atomic mass is 10.0. The van der Waals surface area contributed by atoms with Crippen LogP contribution in [0.15, 0.2) is 12.2 Å². The molecule has 26 heavy (non-hydrogen) atoms. The molecule has 0 aromatic heterocycles. The molecule has 0 aliphatic rings. The number of rotatable bonds is 13. The van der Waals surface area contributed by atoms with Gasteiger partial charge in [0.2, 0.25) is 5.91 Å². The molecule has 3 N–H and O–H groups in total. The van der Waals surface area contributed by atoms with E-state index in [0.29, 0.717) is 6.42 Å². The van der Waals surface area contributed by atoms with Crippen molar-refractivity contribution in [2.45, 2.75) is 78.7 Å². The molecule has 0 saturated heterocycles. The fraction of sp³-hybridized carbons (Fsp3) is 0.800. The zero-order valence-electron chi connectivity index (χ0n) is 17.3. The van der Waals surface area contributed by atoms with Gasteiger partial charge in [-0.2, -0.15) is 0 Å². The molecular weight excluding hydrogens is 332 g/mol. The third kappa shape index (κ3) is 14.9. The number of nitrogens with zero attached hydrogens (tertiary/aromatic N) is 1. The molecule has 6 heteroatoms. The minimum atomic E-state index is -0.931. The van der Waals surface area contributed by atoms with Crippen molar-refractivity contribution in [2.75, 3.05) is 20.3 Å². The van der Waals surface area contributed by atoms with Crippen LogP contribution in [-0.2, 0) is 9.59 Å². The monoisotopic (exact) mass is 372 g/mol. The number of carbonyl (C=O) groups excluding carboxylic acids is 1. The predicted octanol–water partition coefficient (Wildman–Crippen LogP) is 3.41. The van der Waals surface area contributed by atoms with E-state index in [1.165, 1.54) is 12.8 Å². The standard InChI is InChI=1S/C12H23NO3.C8H17NO/c1-3-4-5-6-7-8-10(2)11(12(15)16)13-9-14;1-4-6-7-9(3)8(10)5-2/h7-8,10-11,13-14H,3-6,9H2,1-2H3,(H,15,16);4-7H2,1-3H3/b8-7-;. The first kappa shape index (κ1) is 26.8. The van der Waals surface area contributed by atoms with Crippen molar-refractivity contribution in [1.29, 1.82) is 0 Å². The van der Waals surface area contributed by atoms with Gasteiger partial charge in [0.25, 0.3) is 0 Å². The van der Waals surface area contributed by atoms with Crippen molar-refractivity contribution in [3.8, 4) is 0 Å². The zero-order chi connectivity index (χ0) is 20.4. The zero-order valence-corrected chi connectivity index (χ0v) is 17.3. The molecule has 0 aliphatic carbocycles. The number of carboxylic acid groups (broad SMARTS) is 1. The number of nitrogens with one attached hydrogen (secondary N) is 1. The predicted molar refractivity (Wildman–Crippen MR) is 107 cm³/mol. The number of aliphatic carboxylic acids is 1. The summed E-state index contributed by atoms with van der Waals surface area (Å²) in [5, 5.41) is 20.1. The minimum absolute atomic E-state index is 0.119. The van der Waals surface area contributed by atoms with E-state index in [1.807, 2.05) is 33.0 Å². The van der Waals surface area contributed by atoms with Gasteiger partial charge < -0.3 is 15.1 Å². The second kappa shape index (κ2) is 18.4. The first-order chi connectivity index (χ1) is 12.3. The van der Waals surface area contributed by atoms with Crippen molar-refractivity contribution < 1.29 is 19.8 Å². The quantitative estimate of drug-likeness (QED) is 0.262. The maximum absolute atomic E-state index is 10.9. The third-order valence-corrected chi connectivity index (χ3v) is 4.09. The van der Waals surface area contributed by atoms with Gasteiger partial charge in [0.05, 0.1) is 6.73 Å². The molecule has 0 fully saturated rings. The van der Waals surface area contributed by atoms with Crippen LogP contribution in [0.2, 0.25) is 0 Å². The van der Waals surface area contributed by atoms with Gasteiger partial charge in [-0.25, -0.2) is 0 Å². The van der Waals surface area contributed by atoms with Gasteiger partial charge in [-0.3, -0.25) is 14.9 Å². The Bertz CT molecular complexity index is 386. The number of carboxylic acids is 1. The van der Waals surface area contributed by atoms with Crippen LogP contribution in [0.25, 0.3) is 0 Å². The fourth-order valence-electron chi connectivity index (χ4n) is 2.32. The molecule has 1 amide bonds. The Hall–Kier alpha value is -1.40. The number of hydrogen-bond acceptors (Lipinski definition) is 4. The number of hydrogen-bond donors (Lipinski definition) is 3. The Labute approximate surface area is 159 Å². The maximum Gasteiger partial charge on any atom is 0.321 e.